The van der Waals surface area contributed by atoms with E-state index in [1.165, 1.54) is 18.6 Å². The highest BCUT2D eigenvalue weighted by Crippen LogP contribution is 2.39. The Morgan fingerprint density at radius 2 is 1.94 bits per heavy atom. The van der Waals surface area contributed by atoms with Crippen molar-refractivity contribution in [3.8, 4) is 5.75 Å². The summed E-state index contributed by atoms with van der Waals surface area (Å²) in [5, 5.41) is 3.33. The van der Waals surface area contributed by atoms with Crippen LogP contribution < -0.4 is 10.1 Å². The van der Waals surface area contributed by atoms with Crippen molar-refractivity contribution in [2.75, 3.05) is 20.2 Å². The second-order valence-corrected chi connectivity index (χ2v) is 9.77. The lowest BCUT2D eigenvalue weighted by molar-refractivity contribution is -0.0156. The van der Waals surface area contributed by atoms with E-state index in [-0.39, 0.29) is 40.3 Å². The Balaban J connectivity index is 1.83. The number of hydrogen-bond acceptors (Lipinski definition) is 5. The average molecular weight is 504 g/mol. The Kier molecular flexibility index (Phi) is 8.97. The number of halogens is 2. The summed E-state index contributed by atoms with van der Waals surface area (Å²) in [6.07, 6.45) is 6.95. The highest BCUT2D eigenvalue weighted by atomic mass is 35.5. The Bertz CT molecular complexity index is 1080. The molecule has 3 rings (SSSR count). The lowest BCUT2D eigenvalue weighted by Gasteiger charge is -2.25. The van der Waals surface area contributed by atoms with Gasteiger partial charge < -0.3 is 19.5 Å². The standard InChI is InChI=1S/C28H35ClFNO4/c1-17-7-10-22(11-8-17)19(3)27(29)34-21(5)24(15-33-28(13-14-28)16-31-6)35-23-12-9-18(2)25(20(4)32)26(23)30/h7,9-10,12,24,31H,5,8,11,13-16H2,1-4,6H3. The van der Waals surface area contributed by atoms with Crippen LogP contribution in [-0.4, -0.2) is 37.7 Å². The van der Waals surface area contributed by atoms with Crippen molar-refractivity contribution in [2.45, 2.75) is 65.1 Å². The number of likely N-dealkylation sites (N-methyl/N-ethyl adjacent to an activating group) is 1. The molecule has 0 saturated heterocycles. The summed E-state index contributed by atoms with van der Waals surface area (Å²) in [7, 11) is 1.87. The molecule has 7 heteroatoms. The number of ether oxygens (including phenoxy) is 3. The number of hydrogen-bond donors (Lipinski definition) is 1. The van der Waals surface area contributed by atoms with E-state index in [4.69, 9.17) is 25.8 Å². The molecule has 0 bridgehead atoms. The SMILES string of the molecule is C=C(OC(Cl)=C(C)C1=CC=C(C)CC1)C(COC1(CNC)CC1)Oc1ccc(C)c(C(C)=O)c1F. The van der Waals surface area contributed by atoms with Gasteiger partial charge in [0.2, 0.25) is 0 Å². The zero-order valence-corrected chi connectivity index (χ0v) is 22.0. The van der Waals surface area contributed by atoms with Gasteiger partial charge in [0.25, 0.3) is 0 Å². The van der Waals surface area contributed by atoms with E-state index in [0.717, 1.165) is 36.8 Å². The fourth-order valence-corrected chi connectivity index (χ4v) is 4.27. The van der Waals surface area contributed by atoms with E-state index < -0.39 is 11.9 Å². The number of Topliss-reactive ketones (excluding diaryl/α,β-unsaturated/α-hetero) is 1. The molecular weight excluding hydrogens is 469 g/mol. The highest BCUT2D eigenvalue weighted by Gasteiger charge is 2.44. The number of carbonyl (C=O) groups is 1. The third-order valence-electron chi connectivity index (χ3n) is 6.50. The van der Waals surface area contributed by atoms with Crippen LogP contribution in [0.3, 0.4) is 0 Å². The fraction of sp³-hybridized carbons (Fsp3) is 0.464. The minimum Gasteiger partial charge on any atom is -0.477 e. The molecule has 2 aliphatic rings. The van der Waals surface area contributed by atoms with Crippen LogP contribution in [-0.2, 0) is 9.47 Å². The zero-order chi connectivity index (χ0) is 25.8. The number of benzene rings is 1. The third kappa shape index (κ3) is 6.84. The molecule has 1 aromatic rings. The molecule has 1 unspecified atom stereocenters. The van der Waals surface area contributed by atoms with Gasteiger partial charge in [-0.2, -0.15) is 0 Å². The maximum Gasteiger partial charge on any atom is 0.196 e. The first-order valence-electron chi connectivity index (χ1n) is 11.9. The molecule has 2 aliphatic carbocycles. The Labute approximate surface area is 212 Å². The summed E-state index contributed by atoms with van der Waals surface area (Å²) in [6.45, 7) is 11.8. The van der Waals surface area contributed by atoms with E-state index in [0.29, 0.717) is 12.1 Å². The molecule has 190 valence electrons. The Morgan fingerprint density at radius 3 is 2.51 bits per heavy atom. The first kappa shape index (κ1) is 27.2. The van der Waals surface area contributed by atoms with Crippen molar-refractivity contribution < 1.29 is 23.4 Å². The maximum absolute atomic E-state index is 15.2. The van der Waals surface area contributed by atoms with Crippen LogP contribution in [0.4, 0.5) is 4.39 Å². The van der Waals surface area contributed by atoms with Crippen molar-refractivity contribution in [2.24, 2.45) is 0 Å². The summed E-state index contributed by atoms with van der Waals surface area (Å²) in [5.41, 5.74) is 3.48. The molecule has 0 aromatic heterocycles. The van der Waals surface area contributed by atoms with Gasteiger partial charge in [0.1, 0.15) is 5.76 Å². The molecule has 1 fully saturated rings. The molecule has 0 heterocycles. The minimum absolute atomic E-state index is 0.00361. The van der Waals surface area contributed by atoms with Crippen LogP contribution in [0.1, 0.15) is 62.4 Å². The van der Waals surface area contributed by atoms with Crippen LogP contribution in [0, 0.1) is 12.7 Å². The number of carbonyl (C=O) groups excluding carboxylic acids is 1. The van der Waals surface area contributed by atoms with E-state index in [2.05, 4.69) is 24.9 Å². The molecule has 0 radical (unpaired) electrons. The van der Waals surface area contributed by atoms with Gasteiger partial charge in [-0.25, -0.2) is 4.39 Å². The molecule has 1 saturated carbocycles. The molecule has 0 spiro atoms. The Morgan fingerprint density at radius 1 is 1.23 bits per heavy atom. The van der Waals surface area contributed by atoms with Crippen LogP contribution in [0.25, 0.3) is 0 Å². The van der Waals surface area contributed by atoms with Crippen molar-refractivity contribution in [1.29, 1.82) is 0 Å². The van der Waals surface area contributed by atoms with Crippen molar-refractivity contribution in [3.05, 3.63) is 75.5 Å². The lowest BCUT2D eigenvalue weighted by Crippen LogP contribution is -2.34. The maximum atomic E-state index is 15.2. The molecule has 5 nitrogen and oxygen atoms in total. The van der Waals surface area contributed by atoms with Gasteiger partial charge >= 0.3 is 0 Å². The van der Waals surface area contributed by atoms with Gasteiger partial charge in [0.15, 0.2) is 28.7 Å². The van der Waals surface area contributed by atoms with E-state index in [1.807, 2.05) is 20.0 Å². The summed E-state index contributed by atoms with van der Waals surface area (Å²) < 4.78 is 33.2. The summed E-state index contributed by atoms with van der Waals surface area (Å²) in [5.74, 6) is -0.947. The smallest absolute Gasteiger partial charge is 0.196 e. The summed E-state index contributed by atoms with van der Waals surface area (Å²) >= 11 is 6.52. The minimum atomic E-state index is -0.842. The molecule has 1 atom stereocenters. The van der Waals surface area contributed by atoms with Crippen LogP contribution >= 0.6 is 11.6 Å². The predicted octanol–water partition coefficient (Wildman–Crippen LogP) is 6.52. The zero-order valence-electron chi connectivity index (χ0n) is 21.2. The van der Waals surface area contributed by atoms with Gasteiger partial charge in [-0.05, 0) is 89.2 Å². The van der Waals surface area contributed by atoms with Crippen molar-refractivity contribution >= 4 is 17.4 Å². The fourth-order valence-electron chi connectivity index (χ4n) is 4.05. The number of nitrogens with one attached hydrogen (secondary N) is 1. The van der Waals surface area contributed by atoms with E-state index in [9.17, 15) is 4.79 Å². The van der Waals surface area contributed by atoms with Gasteiger partial charge in [-0.3, -0.25) is 4.79 Å². The highest BCUT2D eigenvalue weighted by molar-refractivity contribution is 6.29. The first-order valence-corrected chi connectivity index (χ1v) is 12.3. The third-order valence-corrected chi connectivity index (χ3v) is 6.86. The lowest BCUT2D eigenvalue weighted by atomic mass is 9.95. The predicted molar refractivity (Wildman–Crippen MR) is 137 cm³/mol. The first-order chi connectivity index (χ1) is 16.6. The van der Waals surface area contributed by atoms with Crippen molar-refractivity contribution in [3.63, 3.8) is 0 Å². The van der Waals surface area contributed by atoms with Crippen molar-refractivity contribution in [1.82, 2.24) is 5.32 Å². The van der Waals surface area contributed by atoms with Gasteiger partial charge in [0, 0.05) is 12.1 Å². The molecule has 1 aromatic carbocycles. The van der Waals surface area contributed by atoms with Crippen LogP contribution in [0.2, 0.25) is 0 Å². The Hall–Kier alpha value is -2.41. The molecule has 35 heavy (non-hydrogen) atoms. The van der Waals surface area contributed by atoms with E-state index >= 15 is 4.39 Å². The normalized spacial score (nSPS) is 18.1. The van der Waals surface area contributed by atoms with Gasteiger partial charge in [0.05, 0.1) is 17.8 Å². The number of allylic oxidation sites excluding steroid dienone is 5. The van der Waals surface area contributed by atoms with Crippen LogP contribution in [0.15, 0.2) is 58.6 Å². The van der Waals surface area contributed by atoms with Gasteiger partial charge in [-0.1, -0.05) is 30.4 Å². The number of aryl methyl sites for hydroxylation is 1. The monoisotopic (exact) mass is 503 g/mol. The summed E-state index contributed by atoms with van der Waals surface area (Å²) in [6, 6.07) is 3.16. The second kappa shape index (κ2) is 11.5. The molecule has 0 amide bonds. The summed E-state index contributed by atoms with van der Waals surface area (Å²) in [4.78, 5) is 12.0. The molecule has 1 N–H and O–H groups in total. The van der Waals surface area contributed by atoms with Gasteiger partial charge in [-0.15, -0.1) is 0 Å². The topological polar surface area (TPSA) is 56.8 Å². The van der Waals surface area contributed by atoms with Crippen LogP contribution in [0.5, 0.6) is 5.75 Å². The average Bonchev–Trinajstić information content (AvgIpc) is 3.57. The largest absolute Gasteiger partial charge is 0.477 e. The number of rotatable bonds is 12. The molecular formula is C28H35ClFNO4. The molecule has 0 aliphatic heterocycles. The quantitative estimate of drug-likeness (QED) is 0.260. The van der Waals surface area contributed by atoms with E-state index in [1.54, 1.807) is 13.0 Å². The second-order valence-electron chi connectivity index (χ2n) is 9.43. The number of ketones is 1.